The molecule has 4 atom stereocenters. The minimum atomic E-state index is -0.346. The van der Waals surface area contributed by atoms with Crippen LogP contribution < -0.4 is 4.40 Å². The molecule has 0 bridgehead atoms. The average Bonchev–Trinajstić information content (AvgIpc) is 3.99. The van der Waals surface area contributed by atoms with Crippen molar-refractivity contribution in [3.63, 3.8) is 0 Å². The van der Waals surface area contributed by atoms with E-state index in [1.54, 1.807) is 5.57 Å². The molecule has 61 heavy (non-hydrogen) atoms. The van der Waals surface area contributed by atoms with Crippen LogP contribution in [0, 0.1) is 5.92 Å². The van der Waals surface area contributed by atoms with Gasteiger partial charge in [-0.05, 0) is 141 Å². The van der Waals surface area contributed by atoms with E-state index in [1.165, 1.54) is 119 Å². The van der Waals surface area contributed by atoms with Gasteiger partial charge < -0.3 is 4.90 Å². The van der Waals surface area contributed by atoms with Crippen molar-refractivity contribution in [2.24, 2.45) is 5.92 Å². The maximum absolute atomic E-state index is 2.79. The number of aromatic nitrogens is 2. The molecule has 4 aliphatic carbocycles. The quantitative estimate of drug-likeness (QED) is 0.127. The summed E-state index contributed by atoms with van der Waals surface area (Å²) in [6.45, 7) is 10.0. The van der Waals surface area contributed by atoms with Crippen molar-refractivity contribution in [2.45, 2.75) is 94.5 Å². The van der Waals surface area contributed by atoms with Gasteiger partial charge in [-0.15, -0.1) is 0 Å². The molecule has 2 aromatic heterocycles. The second kappa shape index (κ2) is 12.7. The fourth-order valence-corrected chi connectivity index (χ4v) is 14.0. The molecule has 5 aromatic carbocycles. The Hall–Kier alpha value is -5.20. The molecule has 0 amide bonds. The molecule has 4 heteroatoms. The van der Waals surface area contributed by atoms with Crippen LogP contribution in [0.25, 0.3) is 44.3 Å². The molecule has 4 heterocycles. The first-order valence-electron chi connectivity index (χ1n) is 22.7. The van der Waals surface area contributed by atoms with Gasteiger partial charge in [-0.1, -0.05) is 143 Å². The lowest BCUT2D eigenvalue weighted by Gasteiger charge is -2.65. The third-order valence-corrected chi connectivity index (χ3v) is 17.5. The van der Waals surface area contributed by atoms with Crippen molar-refractivity contribution < 1.29 is 4.40 Å². The number of benzene rings is 5. The van der Waals surface area contributed by atoms with Crippen LogP contribution in [0.4, 0.5) is 0 Å². The number of para-hydroxylation sites is 2. The summed E-state index contributed by atoms with van der Waals surface area (Å²) in [5, 5.41) is 2.70. The van der Waals surface area contributed by atoms with Crippen LogP contribution in [-0.2, 0) is 16.4 Å². The molecule has 6 aliphatic rings. The SMILES string of the molecule is CC1(C)c2ccccc2-c2cc3c(cc21)c1c([n+]2c4ccccc4n(-c4ccc(C5C=CC=CC5)cc4)c32)C2(C)N3C=C(I)C(CC4CCCC4)=CC3c3ccccc3C12C. The molecule has 1 fully saturated rings. The predicted octanol–water partition coefficient (Wildman–Crippen LogP) is 14.1. The van der Waals surface area contributed by atoms with Crippen molar-refractivity contribution >= 4 is 50.0 Å². The molecular weight excluding hydrogens is 854 g/mol. The molecule has 3 nitrogen and oxygen atoms in total. The van der Waals surface area contributed by atoms with E-state index in [9.17, 15) is 0 Å². The number of imidazole rings is 1. The highest BCUT2D eigenvalue weighted by Gasteiger charge is 2.70. The third-order valence-electron chi connectivity index (χ3n) is 16.5. The first kappa shape index (κ1) is 36.5. The second-order valence-electron chi connectivity index (χ2n) is 19.7. The van der Waals surface area contributed by atoms with Crippen LogP contribution in [0.3, 0.4) is 0 Å². The maximum atomic E-state index is 2.79. The van der Waals surface area contributed by atoms with Gasteiger partial charge in [0.15, 0.2) is 11.0 Å². The standard InChI is InChI=1S/C57H51IN3/c1-55(2)45-22-12-10-20-40(45)42-32-44-43(33-47(42)55)52-53(61-50-25-15-14-24-49(50)60(54(44)61)39-28-26-37(27-29-39)36-18-6-5-7-19-36)57(4)56(52,3)46-23-13-11-21-41(46)51-31-38(48(58)34-59(51)57)30-35-16-8-9-17-35/h5-7,10-15,18,20-29,31-36,51H,8-9,16-17,19,30H2,1-4H3/q+1. The lowest BCUT2D eigenvalue weighted by atomic mass is 9.47. The lowest BCUT2D eigenvalue weighted by molar-refractivity contribution is -0.509. The summed E-state index contributed by atoms with van der Waals surface area (Å²) in [6.07, 6.45) is 22.0. The predicted molar refractivity (Wildman–Crippen MR) is 259 cm³/mol. The Morgan fingerprint density at radius 3 is 2.31 bits per heavy atom. The Labute approximate surface area is 373 Å². The van der Waals surface area contributed by atoms with E-state index in [2.05, 4.69) is 210 Å². The molecule has 4 unspecified atom stereocenters. The van der Waals surface area contributed by atoms with E-state index in [0.717, 1.165) is 12.3 Å². The minimum absolute atomic E-state index is 0.115. The van der Waals surface area contributed by atoms with Gasteiger partial charge in [-0.2, -0.15) is 8.97 Å². The zero-order valence-electron chi connectivity index (χ0n) is 35.6. The Morgan fingerprint density at radius 2 is 1.51 bits per heavy atom. The summed E-state index contributed by atoms with van der Waals surface area (Å²) in [6, 6.07) is 42.6. The number of nitrogens with zero attached hydrogens (tertiary/aromatic N) is 3. The normalized spacial score (nSPS) is 25.4. The number of halogens is 1. The molecular formula is C57H51IN3+. The topological polar surface area (TPSA) is 12.3 Å². The van der Waals surface area contributed by atoms with Gasteiger partial charge in [0.2, 0.25) is 0 Å². The average molecular weight is 905 g/mol. The number of fused-ring (bicyclic) bond motifs is 19. The van der Waals surface area contributed by atoms with Crippen LogP contribution in [0.1, 0.15) is 117 Å². The summed E-state index contributed by atoms with van der Waals surface area (Å²) >= 11 is 2.68. The number of hydrogen-bond acceptors (Lipinski definition) is 1. The summed E-state index contributed by atoms with van der Waals surface area (Å²) in [5.74, 6) is 1.21. The van der Waals surface area contributed by atoms with E-state index in [1.807, 2.05) is 0 Å². The van der Waals surface area contributed by atoms with Gasteiger partial charge in [-0.25, -0.2) is 0 Å². The van der Waals surface area contributed by atoms with Gasteiger partial charge in [0.1, 0.15) is 16.9 Å². The van der Waals surface area contributed by atoms with Crippen LogP contribution >= 0.6 is 22.6 Å². The van der Waals surface area contributed by atoms with E-state index in [-0.39, 0.29) is 22.4 Å². The smallest absolute Gasteiger partial charge is 0.300 e. The number of rotatable bonds is 4. The molecule has 7 aromatic rings. The molecule has 0 spiro atoms. The van der Waals surface area contributed by atoms with Gasteiger partial charge in [0, 0.05) is 26.7 Å². The van der Waals surface area contributed by atoms with Crippen molar-refractivity contribution in [1.29, 1.82) is 0 Å². The molecule has 0 radical (unpaired) electrons. The number of pyridine rings is 1. The summed E-state index contributed by atoms with van der Waals surface area (Å²) in [7, 11) is 0. The lowest BCUT2D eigenvalue weighted by Crippen LogP contribution is -2.70. The summed E-state index contributed by atoms with van der Waals surface area (Å²) in [5.41, 5.74) is 18.5. The van der Waals surface area contributed by atoms with Crippen molar-refractivity contribution in [3.8, 4) is 16.8 Å². The van der Waals surface area contributed by atoms with E-state index in [0.29, 0.717) is 5.92 Å². The van der Waals surface area contributed by atoms with Crippen molar-refractivity contribution in [1.82, 2.24) is 9.47 Å². The largest absolute Gasteiger partial charge is 0.352 e. The van der Waals surface area contributed by atoms with E-state index in [4.69, 9.17) is 0 Å². The van der Waals surface area contributed by atoms with E-state index >= 15 is 0 Å². The molecule has 1 saturated carbocycles. The molecule has 0 saturated heterocycles. The van der Waals surface area contributed by atoms with Crippen LogP contribution in [0.15, 0.2) is 155 Å². The van der Waals surface area contributed by atoms with Gasteiger partial charge in [-0.3, -0.25) is 0 Å². The number of allylic oxidation sites excluding steroid dienone is 6. The highest BCUT2D eigenvalue weighted by Crippen LogP contribution is 2.68. The summed E-state index contributed by atoms with van der Waals surface area (Å²) in [4.78, 5) is 2.79. The highest BCUT2D eigenvalue weighted by atomic mass is 127. The Bertz CT molecular complexity index is 3190. The Kier molecular flexibility index (Phi) is 7.58. The fraction of sp³-hybridized carbons (Fsp3) is 0.281. The minimum Gasteiger partial charge on any atom is -0.352 e. The Morgan fingerprint density at radius 1 is 0.754 bits per heavy atom. The van der Waals surface area contributed by atoms with Crippen LogP contribution in [0.2, 0.25) is 0 Å². The van der Waals surface area contributed by atoms with Crippen molar-refractivity contribution in [3.05, 3.63) is 194 Å². The zero-order chi connectivity index (χ0) is 41.0. The molecule has 13 rings (SSSR count). The Balaban J connectivity index is 1.14. The third kappa shape index (κ3) is 4.62. The molecule has 2 aliphatic heterocycles. The number of hydrogen-bond donors (Lipinski definition) is 0. The van der Waals surface area contributed by atoms with Gasteiger partial charge in [0.05, 0.1) is 16.8 Å². The molecule has 300 valence electrons. The maximum Gasteiger partial charge on any atom is 0.300 e. The van der Waals surface area contributed by atoms with Crippen LogP contribution in [-0.4, -0.2) is 9.47 Å². The van der Waals surface area contributed by atoms with E-state index < -0.39 is 0 Å². The second-order valence-corrected chi connectivity index (χ2v) is 20.9. The van der Waals surface area contributed by atoms with Crippen molar-refractivity contribution in [2.75, 3.05) is 0 Å². The summed E-state index contributed by atoms with van der Waals surface area (Å²) < 4.78 is 6.70. The van der Waals surface area contributed by atoms with Gasteiger partial charge in [0.25, 0.3) is 0 Å². The first-order chi connectivity index (χ1) is 29.7. The monoisotopic (exact) mass is 904 g/mol. The first-order valence-corrected chi connectivity index (χ1v) is 23.8. The fourth-order valence-electron chi connectivity index (χ4n) is 13.3. The van der Waals surface area contributed by atoms with Crippen LogP contribution in [0.5, 0.6) is 0 Å². The highest BCUT2D eigenvalue weighted by molar-refractivity contribution is 14.1. The zero-order valence-corrected chi connectivity index (χ0v) is 37.7. The molecule has 0 N–H and O–H groups in total. The van der Waals surface area contributed by atoms with Gasteiger partial charge >= 0.3 is 5.65 Å².